The summed E-state index contributed by atoms with van der Waals surface area (Å²) in [5, 5.41) is 6.80. The third-order valence-electron chi connectivity index (χ3n) is 3.47. The van der Waals surface area contributed by atoms with Gasteiger partial charge in [-0.3, -0.25) is 0 Å². The zero-order chi connectivity index (χ0) is 15.8. The van der Waals surface area contributed by atoms with Crippen LogP contribution in [0.5, 0.6) is 0 Å². The minimum atomic E-state index is -2.39. The van der Waals surface area contributed by atoms with E-state index in [4.69, 9.17) is 12.2 Å². The van der Waals surface area contributed by atoms with Crippen molar-refractivity contribution in [2.75, 3.05) is 31.5 Å². The van der Waals surface area contributed by atoms with Crippen LogP contribution in [0.2, 0.25) is 0 Å². The smallest absolute Gasteiger partial charge is 0.288 e. The van der Waals surface area contributed by atoms with Crippen LogP contribution in [0.1, 0.15) is 19.3 Å². The second-order valence-electron chi connectivity index (χ2n) is 5.19. The van der Waals surface area contributed by atoms with E-state index in [9.17, 15) is 8.78 Å². The molecule has 1 saturated heterocycles. The van der Waals surface area contributed by atoms with E-state index in [1.165, 1.54) is 25.9 Å². The number of likely N-dealkylation sites (tertiary alicyclic amines) is 1. The Bertz CT molecular complexity index is 462. The second kappa shape index (κ2) is 9.27. The summed E-state index contributed by atoms with van der Waals surface area (Å²) in [6.07, 6.45) is 3.69. The first kappa shape index (κ1) is 17.4. The van der Waals surface area contributed by atoms with Gasteiger partial charge in [0.1, 0.15) is 0 Å². The van der Waals surface area contributed by atoms with Gasteiger partial charge in [-0.05, 0) is 75.4 Å². The number of thiocarbonyl (C=S) groups is 1. The van der Waals surface area contributed by atoms with Crippen molar-refractivity contribution in [3.05, 3.63) is 24.3 Å². The van der Waals surface area contributed by atoms with Crippen LogP contribution in [0.15, 0.2) is 29.2 Å². The molecule has 1 fully saturated rings. The van der Waals surface area contributed by atoms with Gasteiger partial charge in [-0.1, -0.05) is 11.8 Å². The summed E-state index contributed by atoms with van der Waals surface area (Å²) in [7, 11) is 0. The first-order chi connectivity index (χ1) is 10.6. The number of hydrogen-bond acceptors (Lipinski definition) is 3. The van der Waals surface area contributed by atoms with Crippen molar-refractivity contribution in [3.8, 4) is 0 Å². The van der Waals surface area contributed by atoms with E-state index in [0.29, 0.717) is 21.8 Å². The molecule has 0 amide bonds. The Morgan fingerprint density at radius 3 is 2.55 bits per heavy atom. The van der Waals surface area contributed by atoms with E-state index >= 15 is 0 Å². The molecule has 0 unspecified atom stereocenters. The van der Waals surface area contributed by atoms with Crippen LogP contribution >= 0.6 is 24.0 Å². The Kier molecular flexibility index (Phi) is 7.35. The lowest BCUT2D eigenvalue weighted by atomic mass is 10.3. The van der Waals surface area contributed by atoms with Crippen LogP contribution in [-0.4, -0.2) is 41.9 Å². The molecule has 22 heavy (non-hydrogen) atoms. The van der Waals surface area contributed by atoms with Crippen molar-refractivity contribution < 1.29 is 8.78 Å². The topological polar surface area (TPSA) is 27.3 Å². The maximum atomic E-state index is 12.2. The number of nitrogens with one attached hydrogen (secondary N) is 2. The molecule has 1 aromatic carbocycles. The zero-order valence-electron chi connectivity index (χ0n) is 12.4. The quantitative estimate of drug-likeness (QED) is 0.446. The highest BCUT2D eigenvalue weighted by Gasteiger charge is 2.10. The van der Waals surface area contributed by atoms with Crippen LogP contribution < -0.4 is 10.6 Å². The number of alkyl halides is 2. The fourth-order valence-electron chi connectivity index (χ4n) is 2.41. The minimum absolute atomic E-state index is 0.541. The molecule has 2 rings (SSSR count). The summed E-state index contributed by atoms with van der Waals surface area (Å²) in [5.41, 5.74) is 0.802. The highest BCUT2D eigenvalue weighted by Crippen LogP contribution is 2.26. The van der Waals surface area contributed by atoms with Gasteiger partial charge < -0.3 is 15.5 Å². The first-order valence-corrected chi connectivity index (χ1v) is 8.74. The maximum absolute atomic E-state index is 12.2. The van der Waals surface area contributed by atoms with E-state index in [2.05, 4.69) is 15.5 Å². The van der Waals surface area contributed by atoms with Gasteiger partial charge in [0.05, 0.1) is 0 Å². The summed E-state index contributed by atoms with van der Waals surface area (Å²) in [6, 6.07) is 6.83. The van der Waals surface area contributed by atoms with Gasteiger partial charge in [-0.2, -0.15) is 8.78 Å². The summed E-state index contributed by atoms with van der Waals surface area (Å²) in [5.74, 6) is -2.39. The molecule has 2 N–H and O–H groups in total. The Morgan fingerprint density at radius 2 is 1.91 bits per heavy atom. The molecule has 7 heteroatoms. The van der Waals surface area contributed by atoms with Crippen molar-refractivity contribution in [1.82, 2.24) is 10.2 Å². The Morgan fingerprint density at radius 1 is 1.23 bits per heavy atom. The Labute approximate surface area is 139 Å². The van der Waals surface area contributed by atoms with Crippen molar-refractivity contribution in [1.29, 1.82) is 0 Å². The van der Waals surface area contributed by atoms with Crippen molar-refractivity contribution in [3.63, 3.8) is 0 Å². The standard InChI is InChI=1S/C15H21F2N3S2/c16-14(17)22-13-6-4-12(5-7-13)19-15(21)18-8-3-11-20-9-1-2-10-20/h4-7,14H,1-3,8-11H2,(H2,18,19,21). The normalized spacial score (nSPS) is 15.2. The van der Waals surface area contributed by atoms with Gasteiger partial charge in [-0.25, -0.2) is 0 Å². The van der Waals surface area contributed by atoms with Gasteiger partial charge in [0, 0.05) is 17.1 Å². The van der Waals surface area contributed by atoms with Gasteiger partial charge in [-0.15, -0.1) is 0 Å². The first-order valence-electron chi connectivity index (χ1n) is 7.45. The third kappa shape index (κ3) is 6.46. The number of hydrogen-bond donors (Lipinski definition) is 2. The fourth-order valence-corrected chi connectivity index (χ4v) is 3.12. The van der Waals surface area contributed by atoms with E-state index in [1.54, 1.807) is 24.3 Å². The number of benzene rings is 1. The molecular weight excluding hydrogens is 324 g/mol. The lowest BCUT2D eigenvalue weighted by Crippen LogP contribution is -2.31. The van der Waals surface area contributed by atoms with Crippen LogP contribution in [0, 0.1) is 0 Å². The molecule has 0 spiro atoms. The monoisotopic (exact) mass is 345 g/mol. The van der Waals surface area contributed by atoms with E-state index in [1.807, 2.05) is 0 Å². The molecule has 122 valence electrons. The number of thioether (sulfide) groups is 1. The van der Waals surface area contributed by atoms with Gasteiger partial charge >= 0.3 is 0 Å². The summed E-state index contributed by atoms with van der Waals surface area (Å²) < 4.78 is 24.5. The van der Waals surface area contributed by atoms with Crippen LogP contribution in [0.3, 0.4) is 0 Å². The molecule has 1 heterocycles. The van der Waals surface area contributed by atoms with Crippen molar-refractivity contribution in [2.45, 2.75) is 29.9 Å². The van der Waals surface area contributed by atoms with Gasteiger partial charge in [0.15, 0.2) is 5.11 Å². The van der Waals surface area contributed by atoms with Crippen molar-refractivity contribution in [2.24, 2.45) is 0 Å². The van der Waals surface area contributed by atoms with E-state index in [-0.39, 0.29) is 0 Å². The average Bonchev–Trinajstić information content (AvgIpc) is 2.98. The molecule has 0 atom stereocenters. The van der Waals surface area contributed by atoms with Crippen LogP contribution in [0.25, 0.3) is 0 Å². The highest BCUT2D eigenvalue weighted by atomic mass is 32.2. The molecule has 0 saturated carbocycles. The van der Waals surface area contributed by atoms with Gasteiger partial charge in [0.25, 0.3) is 5.76 Å². The van der Waals surface area contributed by atoms with Crippen molar-refractivity contribution >= 4 is 34.8 Å². The molecule has 0 radical (unpaired) electrons. The minimum Gasteiger partial charge on any atom is -0.362 e. The molecule has 0 aliphatic carbocycles. The SMILES string of the molecule is FC(F)Sc1ccc(NC(=S)NCCCN2CCCC2)cc1. The lowest BCUT2D eigenvalue weighted by molar-refractivity contribution is 0.252. The summed E-state index contributed by atoms with van der Waals surface area (Å²) in [6.45, 7) is 4.37. The third-order valence-corrected chi connectivity index (χ3v) is 4.44. The predicted molar refractivity (Wildman–Crippen MR) is 92.8 cm³/mol. The zero-order valence-corrected chi connectivity index (χ0v) is 14.0. The molecule has 1 aromatic rings. The van der Waals surface area contributed by atoms with Crippen LogP contribution in [0.4, 0.5) is 14.5 Å². The number of rotatable bonds is 7. The van der Waals surface area contributed by atoms with E-state index in [0.717, 1.165) is 25.2 Å². The maximum Gasteiger partial charge on any atom is 0.288 e. The lowest BCUT2D eigenvalue weighted by Gasteiger charge is -2.15. The second-order valence-corrected chi connectivity index (χ2v) is 6.66. The largest absolute Gasteiger partial charge is 0.362 e. The fraction of sp³-hybridized carbons (Fsp3) is 0.533. The van der Waals surface area contributed by atoms with Gasteiger partial charge in [0.2, 0.25) is 0 Å². The average molecular weight is 345 g/mol. The summed E-state index contributed by atoms with van der Waals surface area (Å²) >= 11 is 5.77. The number of nitrogens with zero attached hydrogens (tertiary/aromatic N) is 1. The molecule has 1 aliphatic rings. The van der Waals surface area contributed by atoms with E-state index < -0.39 is 5.76 Å². The number of halogens is 2. The molecule has 0 bridgehead atoms. The predicted octanol–water partition coefficient (Wildman–Crippen LogP) is 3.77. The Hall–Kier alpha value is -0.920. The summed E-state index contributed by atoms with van der Waals surface area (Å²) in [4.78, 5) is 3.02. The molecule has 1 aliphatic heterocycles. The van der Waals surface area contributed by atoms with Crippen LogP contribution in [-0.2, 0) is 0 Å². The molecule has 3 nitrogen and oxygen atoms in total. The Balaban J connectivity index is 1.63. The highest BCUT2D eigenvalue weighted by molar-refractivity contribution is 7.99. The number of anilines is 1. The molecule has 0 aromatic heterocycles. The molecular formula is C15H21F2N3S2.